The number of carbonyl (C=O) groups excluding carboxylic acids is 1. The van der Waals surface area contributed by atoms with Crippen LogP contribution in [0.4, 0.5) is 0 Å². The molecule has 0 bridgehead atoms. The van der Waals surface area contributed by atoms with E-state index >= 15 is 0 Å². The van der Waals surface area contributed by atoms with Gasteiger partial charge in [-0.25, -0.2) is 0 Å². The van der Waals surface area contributed by atoms with Gasteiger partial charge in [-0.05, 0) is 30.4 Å². The summed E-state index contributed by atoms with van der Waals surface area (Å²) in [4.78, 5) is 11.4. The van der Waals surface area contributed by atoms with Gasteiger partial charge in [-0.15, -0.1) is 0 Å². The summed E-state index contributed by atoms with van der Waals surface area (Å²) >= 11 is 0. The van der Waals surface area contributed by atoms with E-state index in [0.717, 1.165) is 19.3 Å². The van der Waals surface area contributed by atoms with Crippen molar-refractivity contribution < 1.29 is 9.53 Å². The number of hydrogen-bond donors (Lipinski definition) is 0. The fourth-order valence-corrected chi connectivity index (χ4v) is 2.06. The molecule has 1 aromatic carbocycles. The Balaban J connectivity index is 2.04. The predicted octanol–water partition coefficient (Wildman–Crippen LogP) is 3.02. The van der Waals surface area contributed by atoms with Crippen molar-refractivity contribution in [3.63, 3.8) is 0 Å². The fourth-order valence-electron chi connectivity index (χ4n) is 2.06. The van der Waals surface area contributed by atoms with Gasteiger partial charge in [0.15, 0.2) is 0 Å². The van der Waals surface area contributed by atoms with E-state index in [1.807, 2.05) is 19.1 Å². The minimum absolute atomic E-state index is 0.000231. The van der Waals surface area contributed by atoms with Crippen LogP contribution < -0.4 is 0 Å². The topological polar surface area (TPSA) is 26.3 Å². The maximum atomic E-state index is 11.4. The van der Waals surface area contributed by atoms with Crippen LogP contribution in [0.3, 0.4) is 0 Å². The van der Waals surface area contributed by atoms with E-state index < -0.39 is 0 Å². The van der Waals surface area contributed by atoms with Gasteiger partial charge >= 0.3 is 5.97 Å². The molecule has 0 saturated carbocycles. The van der Waals surface area contributed by atoms with E-state index in [2.05, 4.69) is 12.1 Å². The van der Waals surface area contributed by atoms with Crippen LogP contribution in [-0.2, 0) is 16.0 Å². The minimum Gasteiger partial charge on any atom is -0.457 e. The Hall–Kier alpha value is -1.31. The van der Waals surface area contributed by atoms with E-state index in [1.165, 1.54) is 11.1 Å². The minimum atomic E-state index is -0.0702. The Labute approximate surface area is 90.3 Å². The zero-order valence-electron chi connectivity index (χ0n) is 9.03. The number of benzene rings is 1. The third kappa shape index (κ3) is 2.20. The summed E-state index contributed by atoms with van der Waals surface area (Å²) in [6.07, 6.45) is 3.35. The maximum absolute atomic E-state index is 11.4. The van der Waals surface area contributed by atoms with Gasteiger partial charge in [0.2, 0.25) is 0 Å². The average molecular weight is 204 g/mol. The second-order valence-electron chi connectivity index (χ2n) is 3.97. The Kier molecular flexibility index (Phi) is 3.05. The molecule has 0 radical (unpaired) electrons. The third-order valence-electron chi connectivity index (χ3n) is 2.81. The first-order valence-electron chi connectivity index (χ1n) is 5.58. The van der Waals surface area contributed by atoms with Gasteiger partial charge in [-0.2, -0.15) is 0 Å². The molecule has 1 aliphatic rings. The summed E-state index contributed by atoms with van der Waals surface area (Å²) in [5, 5.41) is 0. The summed E-state index contributed by atoms with van der Waals surface area (Å²) < 4.78 is 5.44. The van der Waals surface area contributed by atoms with Crippen LogP contribution in [0.5, 0.6) is 0 Å². The molecular weight excluding hydrogens is 188 g/mol. The summed E-state index contributed by atoms with van der Waals surface area (Å²) in [5.41, 5.74) is 2.52. The van der Waals surface area contributed by atoms with E-state index in [9.17, 15) is 4.79 Å². The van der Waals surface area contributed by atoms with Crippen molar-refractivity contribution in [1.29, 1.82) is 0 Å². The molecule has 0 heterocycles. The SMILES string of the molecule is CCCC(=O)O[C@@H]1CCc2ccccc21. The number of hydrogen-bond acceptors (Lipinski definition) is 2. The predicted molar refractivity (Wildman–Crippen MR) is 58.5 cm³/mol. The molecular formula is C13H16O2. The molecule has 2 heteroatoms. The van der Waals surface area contributed by atoms with Crippen molar-refractivity contribution in [2.24, 2.45) is 0 Å². The molecule has 2 nitrogen and oxygen atoms in total. The van der Waals surface area contributed by atoms with Crippen LogP contribution in [0.2, 0.25) is 0 Å². The Morgan fingerprint density at radius 2 is 2.27 bits per heavy atom. The highest BCUT2D eigenvalue weighted by atomic mass is 16.5. The molecule has 1 aromatic rings. The zero-order chi connectivity index (χ0) is 10.7. The Morgan fingerprint density at radius 1 is 1.47 bits per heavy atom. The lowest BCUT2D eigenvalue weighted by Crippen LogP contribution is -2.08. The standard InChI is InChI=1S/C13H16O2/c1-2-5-13(14)15-12-9-8-10-6-3-4-7-11(10)12/h3-4,6-7,12H,2,5,8-9H2,1H3/t12-/m1/s1. The van der Waals surface area contributed by atoms with Gasteiger partial charge in [-0.1, -0.05) is 31.2 Å². The van der Waals surface area contributed by atoms with Crippen LogP contribution in [0.1, 0.15) is 43.4 Å². The van der Waals surface area contributed by atoms with Gasteiger partial charge in [0.25, 0.3) is 0 Å². The highest BCUT2D eigenvalue weighted by Gasteiger charge is 2.24. The summed E-state index contributed by atoms with van der Waals surface area (Å²) in [6, 6.07) is 8.22. The van der Waals surface area contributed by atoms with E-state index in [1.54, 1.807) is 0 Å². The van der Waals surface area contributed by atoms with Gasteiger partial charge in [0.05, 0.1) is 0 Å². The number of fused-ring (bicyclic) bond motifs is 1. The average Bonchev–Trinajstić information content (AvgIpc) is 2.62. The number of ether oxygens (including phenoxy) is 1. The zero-order valence-corrected chi connectivity index (χ0v) is 9.03. The van der Waals surface area contributed by atoms with Crippen LogP contribution in [-0.4, -0.2) is 5.97 Å². The van der Waals surface area contributed by atoms with E-state index in [4.69, 9.17) is 4.74 Å². The first-order valence-corrected chi connectivity index (χ1v) is 5.58. The highest BCUT2D eigenvalue weighted by molar-refractivity contribution is 5.69. The molecule has 0 fully saturated rings. The van der Waals surface area contributed by atoms with Crippen molar-refractivity contribution in [3.05, 3.63) is 35.4 Å². The Morgan fingerprint density at radius 3 is 3.07 bits per heavy atom. The lowest BCUT2D eigenvalue weighted by Gasteiger charge is -2.12. The second kappa shape index (κ2) is 4.47. The molecule has 2 rings (SSSR count). The molecule has 0 unspecified atom stereocenters. The van der Waals surface area contributed by atoms with Gasteiger partial charge in [0, 0.05) is 6.42 Å². The largest absolute Gasteiger partial charge is 0.457 e. The van der Waals surface area contributed by atoms with Crippen molar-refractivity contribution in [3.8, 4) is 0 Å². The quantitative estimate of drug-likeness (QED) is 0.707. The van der Waals surface area contributed by atoms with Gasteiger partial charge in [-0.3, -0.25) is 4.79 Å². The van der Waals surface area contributed by atoms with Crippen LogP contribution >= 0.6 is 0 Å². The van der Waals surface area contributed by atoms with Crippen LogP contribution in [0.15, 0.2) is 24.3 Å². The molecule has 1 atom stereocenters. The lowest BCUT2D eigenvalue weighted by molar-refractivity contribution is -0.149. The highest BCUT2D eigenvalue weighted by Crippen LogP contribution is 2.33. The first-order chi connectivity index (χ1) is 7.31. The summed E-state index contributed by atoms with van der Waals surface area (Å²) in [6.45, 7) is 1.99. The summed E-state index contributed by atoms with van der Waals surface area (Å²) in [5.74, 6) is -0.0702. The molecule has 0 aliphatic heterocycles. The molecule has 80 valence electrons. The van der Waals surface area contributed by atoms with Crippen LogP contribution in [0.25, 0.3) is 0 Å². The van der Waals surface area contributed by atoms with Gasteiger partial charge < -0.3 is 4.74 Å². The van der Waals surface area contributed by atoms with Crippen molar-refractivity contribution in [1.82, 2.24) is 0 Å². The molecule has 1 aliphatic carbocycles. The Bertz CT molecular complexity index is 357. The maximum Gasteiger partial charge on any atom is 0.306 e. The van der Waals surface area contributed by atoms with E-state index in [-0.39, 0.29) is 12.1 Å². The van der Waals surface area contributed by atoms with Crippen molar-refractivity contribution in [2.45, 2.75) is 38.7 Å². The normalized spacial score (nSPS) is 18.6. The summed E-state index contributed by atoms with van der Waals surface area (Å²) in [7, 11) is 0. The smallest absolute Gasteiger partial charge is 0.306 e. The molecule has 0 aromatic heterocycles. The number of rotatable bonds is 3. The monoisotopic (exact) mass is 204 g/mol. The number of carbonyl (C=O) groups is 1. The second-order valence-corrected chi connectivity index (χ2v) is 3.97. The first kappa shape index (κ1) is 10.2. The van der Waals surface area contributed by atoms with E-state index in [0.29, 0.717) is 6.42 Å². The lowest BCUT2D eigenvalue weighted by atomic mass is 10.1. The number of esters is 1. The molecule has 0 saturated heterocycles. The third-order valence-corrected chi connectivity index (χ3v) is 2.81. The van der Waals surface area contributed by atoms with Crippen molar-refractivity contribution >= 4 is 5.97 Å². The molecule has 0 amide bonds. The molecule has 0 spiro atoms. The number of aryl methyl sites for hydroxylation is 1. The molecule has 15 heavy (non-hydrogen) atoms. The van der Waals surface area contributed by atoms with Gasteiger partial charge in [0.1, 0.15) is 6.10 Å². The fraction of sp³-hybridized carbons (Fsp3) is 0.462. The van der Waals surface area contributed by atoms with Crippen LogP contribution in [0, 0.1) is 0 Å². The molecule has 0 N–H and O–H groups in total. The van der Waals surface area contributed by atoms with Crippen molar-refractivity contribution in [2.75, 3.05) is 0 Å².